The van der Waals surface area contributed by atoms with Crippen molar-refractivity contribution in [3.05, 3.63) is 53.3 Å². The van der Waals surface area contributed by atoms with Crippen molar-refractivity contribution in [2.45, 2.75) is 11.8 Å². The van der Waals surface area contributed by atoms with Gasteiger partial charge in [0.1, 0.15) is 16.8 Å². The van der Waals surface area contributed by atoms with E-state index in [0.29, 0.717) is 5.56 Å². The first-order valence-electron chi connectivity index (χ1n) is 5.93. The molecule has 0 amide bonds. The molecule has 108 valence electrons. The number of hydrogen-bond donors (Lipinski definition) is 2. The van der Waals surface area contributed by atoms with E-state index in [1.807, 2.05) is 6.07 Å². The van der Waals surface area contributed by atoms with Gasteiger partial charge in [-0.3, -0.25) is 4.72 Å². The molecule has 0 fully saturated rings. The van der Waals surface area contributed by atoms with Gasteiger partial charge in [0, 0.05) is 0 Å². The quantitative estimate of drug-likeness (QED) is 0.851. The van der Waals surface area contributed by atoms with Crippen molar-refractivity contribution < 1.29 is 12.8 Å². The summed E-state index contributed by atoms with van der Waals surface area (Å²) in [7, 11) is -4.08. The molecule has 0 aromatic heterocycles. The third kappa shape index (κ3) is 2.80. The summed E-state index contributed by atoms with van der Waals surface area (Å²) >= 11 is 0. The van der Waals surface area contributed by atoms with Gasteiger partial charge in [-0.2, -0.15) is 5.26 Å². The lowest BCUT2D eigenvalue weighted by Gasteiger charge is -2.12. The zero-order valence-electron chi connectivity index (χ0n) is 11.1. The Labute approximate surface area is 121 Å². The lowest BCUT2D eigenvalue weighted by atomic mass is 10.1. The third-order valence-corrected chi connectivity index (χ3v) is 4.36. The molecule has 5 nitrogen and oxygen atoms in total. The minimum Gasteiger partial charge on any atom is -0.395 e. The van der Waals surface area contributed by atoms with Gasteiger partial charge in [0.05, 0.1) is 16.9 Å². The Morgan fingerprint density at radius 3 is 2.57 bits per heavy atom. The number of aryl methyl sites for hydroxylation is 1. The van der Waals surface area contributed by atoms with Crippen molar-refractivity contribution in [2.75, 3.05) is 10.5 Å². The molecule has 0 atom stereocenters. The molecule has 2 aromatic rings. The zero-order valence-corrected chi connectivity index (χ0v) is 11.9. The van der Waals surface area contributed by atoms with Crippen LogP contribution in [0.3, 0.4) is 0 Å². The topological polar surface area (TPSA) is 96.0 Å². The molecule has 0 saturated heterocycles. The fourth-order valence-electron chi connectivity index (χ4n) is 1.85. The van der Waals surface area contributed by atoms with E-state index in [2.05, 4.69) is 4.72 Å². The van der Waals surface area contributed by atoms with Crippen molar-refractivity contribution in [3.63, 3.8) is 0 Å². The Kier molecular flexibility index (Phi) is 3.82. The third-order valence-electron chi connectivity index (χ3n) is 2.93. The summed E-state index contributed by atoms with van der Waals surface area (Å²) in [4.78, 5) is -0.368. The van der Waals surface area contributed by atoms with Crippen LogP contribution < -0.4 is 10.5 Å². The second-order valence-corrected chi connectivity index (χ2v) is 6.02. The summed E-state index contributed by atoms with van der Waals surface area (Å²) in [6.45, 7) is 1.69. The van der Waals surface area contributed by atoms with Gasteiger partial charge < -0.3 is 5.73 Å². The predicted molar refractivity (Wildman–Crippen MR) is 77.5 cm³/mol. The van der Waals surface area contributed by atoms with Gasteiger partial charge in [0.25, 0.3) is 10.0 Å². The Balaban J connectivity index is 2.51. The van der Waals surface area contributed by atoms with Crippen LogP contribution in [0.15, 0.2) is 41.3 Å². The van der Waals surface area contributed by atoms with Crippen molar-refractivity contribution in [1.29, 1.82) is 5.26 Å². The standard InChI is InChI=1S/C14H12FN3O2S/c1-9-4-2-6-12(10(9)8-16)18-21(19,20)13-7-3-5-11(15)14(13)17/h2-7,18H,17H2,1H3. The highest BCUT2D eigenvalue weighted by Crippen LogP contribution is 2.26. The largest absolute Gasteiger partial charge is 0.395 e. The summed E-state index contributed by atoms with van der Waals surface area (Å²) in [6.07, 6.45) is 0. The number of nitrogens with one attached hydrogen (secondary N) is 1. The van der Waals surface area contributed by atoms with E-state index in [1.54, 1.807) is 19.1 Å². The smallest absolute Gasteiger partial charge is 0.264 e. The van der Waals surface area contributed by atoms with Crippen LogP contribution in [0, 0.1) is 24.1 Å². The highest BCUT2D eigenvalue weighted by molar-refractivity contribution is 7.92. The number of nitriles is 1. The fourth-order valence-corrected chi connectivity index (χ4v) is 3.07. The van der Waals surface area contributed by atoms with Gasteiger partial charge in [-0.05, 0) is 30.7 Å². The Hall–Kier alpha value is -2.59. The number of nitrogen functional groups attached to an aromatic ring is 1. The van der Waals surface area contributed by atoms with Gasteiger partial charge in [-0.1, -0.05) is 18.2 Å². The molecule has 0 bridgehead atoms. The van der Waals surface area contributed by atoms with Crippen molar-refractivity contribution >= 4 is 21.4 Å². The average Bonchev–Trinajstić information content (AvgIpc) is 2.41. The molecule has 0 aliphatic carbocycles. The maximum atomic E-state index is 13.4. The number of anilines is 2. The summed E-state index contributed by atoms with van der Waals surface area (Å²) < 4.78 is 40.2. The van der Waals surface area contributed by atoms with Crippen LogP contribution in [0.1, 0.15) is 11.1 Å². The van der Waals surface area contributed by atoms with E-state index in [4.69, 9.17) is 11.0 Å². The number of rotatable bonds is 3. The first-order valence-corrected chi connectivity index (χ1v) is 7.41. The first kappa shape index (κ1) is 14.8. The molecule has 0 unspecified atom stereocenters. The molecule has 0 aliphatic heterocycles. The molecule has 0 spiro atoms. The monoisotopic (exact) mass is 305 g/mol. The molecule has 7 heteroatoms. The predicted octanol–water partition coefficient (Wildman–Crippen LogP) is 2.39. The van der Waals surface area contributed by atoms with Gasteiger partial charge in [-0.25, -0.2) is 12.8 Å². The molecule has 2 rings (SSSR count). The highest BCUT2D eigenvalue weighted by atomic mass is 32.2. The zero-order chi connectivity index (χ0) is 15.6. The van der Waals surface area contributed by atoms with Gasteiger partial charge >= 0.3 is 0 Å². The summed E-state index contributed by atoms with van der Waals surface area (Å²) in [5, 5.41) is 9.10. The average molecular weight is 305 g/mol. The van der Waals surface area contributed by atoms with Crippen LogP contribution in [-0.4, -0.2) is 8.42 Å². The number of sulfonamides is 1. The van der Waals surface area contributed by atoms with Crippen LogP contribution in [0.5, 0.6) is 0 Å². The maximum Gasteiger partial charge on any atom is 0.264 e. The molecule has 0 saturated carbocycles. The van der Waals surface area contributed by atoms with E-state index < -0.39 is 21.5 Å². The Morgan fingerprint density at radius 2 is 1.90 bits per heavy atom. The van der Waals surface area contributed by atoms with E-state index in [9.17, 15) is 12.8 Å². The van der Waals surface area contributed by atoms with E-state index in [0.717, 1.165) is 6.07 Å². The number of para-hydroxylation sites is 1. The van der Waals surface area contributed by atoms with E-state index >= 15 is 0 Å². The molecular formula is C14H12FN3O2S. The van der Waals surface area contributed by atoms with Crippen LogP contribution in [0.25, 0.3) is 0 Å². The van der Waals surface area contributed by atoms with Crippen LogP contribution in [0.2, 0.25) is 0 Å². The number of nitrogens with two attached hydrogens (primary N) is 1. The Morgan fingerprint density at radius 1 is 1.24 bits per heavy atom. The molecule has 21 heavy (non-hydrogen) atoms. The highest BCUT2D eigenvalue weighted by Gasteiger charge is 2.21. The molecular weight excluding hydrogens is 293 g/mol. The minimum absolute atomic E-state index is 0.126. The van der Waals surface area contributed by atoms with Crippen molar-refractivity contribution in [2.24, 2.45) is 0 Å². The van der Waals surface area contributed by atoms with Gasteiger partial charge in [0.2, 0.25) is 0 Å². The summed E-state index contributed by atoms with van der Waals surface area (Å²) in [6, 6.07) is 10.2. The SMILES string of the molecule is Cc1cccc(NS(=O)(=O)c2cccc(F)c2N)c1C#N. The van der Waals surface area contributed by atoms with Crippen LogP contribution >= 0.6 is 0 Å². The number of halogens is 1. The van der Waals surface area contributed by atoms with E-state index in [1.165, 1.54) is 18.2 Å². The van der Waals surface area contributed by atoms with Crippen molar-refractivity contribution in [3.8, 4) is 6.07 Å². The van der Waals surface area contributed by atoms with Crippen LogP contribution in [0.4, 0.5) is 15.8 Å². The lowest BCUT2D eigenvalue weighted by Crippen LogP contribution is -2.16. The number of nitrogens with zero attached hydrogens (tertiary/aromatic N) is 1. The molecule has 0 aliphatic rings. The van der Waals surface area contributed by atoms with Gasteiger partial charge in [-0.15, -0.1) is 0 Å². The lowest BCUT2D eigenvalue weighted by molar-refractivity contribution is 0.597. The first-order chi connectivity index (χ1) is 9.86. The summed E-state index contributed by atoms with van der Waals surface area (Å²) in [5.74, 6) is -0.817. The number of hydrogen-bond acceptors (Lipinski definition) is 4. The van der Waals surface area contributed by atoms with Crippen LogP contribution in [-0.2, 0) is 10.0 Å². The Bertz CT molecular complexity index is 842. The number of benzene rings is 2. The van der Waals surface area contributed by atoms with Crippen molar-refractivity contribution in [1.82, 2.24) is 0 Å². The fraction of sp³-hybridized carbons (Fsp3) is 0.0714. The molecule has 0 heterocycles. The maximum absolute atomic E-state index is 13.4. The normalized spacial score (nSPS) is 10.9. The molecule has 2 aromatic carbocycles. The van der Waals surface area contributed by atoms with E-state index in [-0.39, 0.29) is 16.1 Å². The minimum atomic E-state index is -4.08. The second kappa shape index (κ2) is 5.42. The van der Waals surface area contributed by atoms with Gasteiger partial charge in [0.15, 0.2) is 0 Å². The second-order valence-electron chi connectivity index (χ2n) is 4.37. The summed E-state index contributed by atoms with van der Waals surface area (Å²) in [5.41, 5.74) is 5.96. The molecule has 3 N–H and O–H groups in total. The molecule has 0 radical (unpaired) electrons.